The molecule has 24 heavy (non-hydrogen) atoms. The molecule has 2 aromatic heterocycles. The molecule has 0 fully saturated rings. The van der Waals surface area contributed by atoms with Gasteiger partial charge in [-0.1, -0.05) is 17.7 Å². The van der Waals surface area contributed by atoms with Gasteiger partial charge in [-0.05, 0) is 43.0 Å². The molecule has 0 unspecified atom stereocenters. The van der Waals surface area contributed by atoms with Gasteiger partial charge < -0.3 is 5.32 Å². The molecule has 0 bridgehead atoms. The largest absolute Gasteiger partial charge is 0.324 e. The van der Waals surface area contributed by atoms with Crippen LogP contribution in [0, 0.1) is 18.3 Å². The second-order valence-electron chi connectivity index (χ2n) is 4.94. The molecule has 0 saturated heterocycles. The maximum Gasteiger partial charge on any atom is 0.227 e. The van der Waals surface area contributed by atoms with Gasteiger partial charge in [-0.25, -0.2) is 9.97 Å². The van der Waals surface area contributed by atoms with E-state index in [0.29, 0.717) is 11.0 Å². The van der Waals surface area contributed by atoms with Crippen LogP contribution in [0.5, 0.6) is 0 Å². The summed E-state index contributed by atoms with van der Waals surface area (Å²) in [4.78, 5) is 9.59. The number of halogens is 1. The van der Waals surface area contributed by atoms with Crippen molar-refractivity contribution in [3.63, 3.8) is 0 Å². The molecule has 0 aliphatic carbocycles. The van der Waals surface area contributed by atoms with E-state index in [1.165, 1.54) is 11.3 Å². The fourth-order valence-corrected chi connectivity index (χ4v) is 4.37. The lowest BCUT2D eigenvalue weighted by Crippen LogP contribution is -1.98. The van der Waals surface area contributed by atoms with Crippen molar-refractivity contribution in [2.45, 2.75) is 11.1 Å². The maximum atomic E-state index is 9.27. The summed E-state index contributed by atoms with van der Waals surface area (Å²) in [6, 6.07) is 11.5. The van der Waals surface area contributed by atoms with Gasteiger partial charge in [0.2, 0.25) is 5.95 Å². The number of hydrogen-bond donors (Lipinski definition) is 1. The lowest BCUT2D eigenvalue weighted by atomic mass is 10.1. The number of hydrogen-bond acceptors (Lipinski definition) is 6. The van der Waals surface area contributed by atoms with Crippen molar-refractivity contribution >= 4 is 46.3 Å². The van der Waals surface area contributed by atoms with E-state index in [9.17, 15) is 5.26 Å². The Morgan fingerprint density at radius 1 is 1.33 bits per heavy atom. The standard InChI is InChI=1S/C17H13ClN4S2/c1-10-14(9-19)24-16(23-2)15(10)13-6-7-20-17(22-13)21-12-5-3-4-11(18)8-12/h3-8H,1-2H3,(H,20,21,22). The van der Waals surface area contributed by atoms with Crippen molar-refractivity contribution in [1.29, 1.82) is 5.26 Å². The molecule has 0 spiro atoms. The smallest absolute Gasteiger partial charge is 0.227 e. The Balaban J connectivity index is 2.00. The molecule has 0 aliphatic heterocycles. The third-order valence-electron chi connectivity index (χ3n) is 3.39. The van der Waals surface area contributed by atoms with Gasteiger partial charge in [-0.2, -0.15) is 5.26 Å². The Labute approximate surface area is 153 Å². The summed E-state index contributed by atoms with van der Waals surface area (Å²) in [5.74, 6) is 0.492. The number of rotatable bonds is 4. The Morgan fingerprint density at radius 3 is 2.88 bits per heavy atom. The Kier molecular flexibility index (Phi) is 5.05. The monoisotopic (exact) mass is 372 g/mol. The molecule has 0 saturated carbocycles. The summed E-state index contributed by atoms with van der Waals surface area (Å²) in [6.07, 6.45) is 3.71. The third kappa shape index (κ3) is 3.39. The van der Waals surface area contributed by atoms with E-state index in [0.717, 1.165) is 31.6 Å². The van der Waals surface area contributed by atoms with Crippen molar-refractivity contribution in [2.75, 3.05) is 11.6 Å². The number of anilines is 2. The molecule has 7 heteroatoms. The summed E-state index contributed by atoms with van der Waals surface area (Å²) in [7, 11) is 0. The highest BCUT2D eigenvalue weighted by Crippen LogP contribution is 2.40. The fourth-order valence-electron chi connectivity index (χ4n) is 2.29. The zero-order valence-corrected chi connectivity index (χ0v) is 15.4. The van der Waals surface area contributed by atoms with Crippen molar-refractivity contribution < 1.29 is 0 Å². The number of benzene rings is 1. The summed E-state index contributed by atoms with van der Waals surface area (Å²) in [5, 5.41) is 13.1. The Hall–Kier alpha value is -2.07. The van der Waals surface area contributed by atoms with Crippen LogP contribution < -0.4 is 5.32 Å². The van der Waals surface area contributed by atoms with Crippen LogP contribution in [0.3, 0.4) is 0 Å². The SMILES string of the molecule is CSc1sc(C#N)c(C)c1-c1ccnc(Nc2cccc(Cl)c2)n1. The van der Waals surface area contributed by atoms with Crippen LogP contribution in [-0.4, -0.2) is 16.2 Å². The topological polar surface area (TPSA) is 61.6 Å². The van der Waals surface area contributed by atoms with E-state index in [1.54, 1.807) is 18.0 Å². The molecule has 3 rings (SSSR count). The minimum absolute atomic E-state index is 0.492. The predicted molar refractivity (Wildman–Crippen MR) is 101 cm³/mol. The van der Waals surface area contributed by atoms with Crippen LogP contribution in [0.1, 0.15) is 10.4 Å². The van der Waals surface area contributed by atoms with E-state index in [-0.39, 0.29) is 0 Å². The average Bonchev–Trinajstić information content (AvgIpc) is 2.91. The van der Waals surface area contributed by atoms with Gasteiger partial charge in [0.05, 0.1) is 9.90 Å². The first kappa shape index (κ1) is 16.8. The van der Waals surface area contributed by atoms with Gasteiger partial charge in [0.1, 0.15) is 10.9 Å². The number of thiophene rings is 1. The van der Waals surface area contributed by atoms with Crippen molar-refractivity contribution in [3.05, 3.63) is 52.0 Å². The first-order valence-corrected chi connectivity index (χ1v) is 9.47. The van der Waals surface area contributed by atoms with Gasteiger partial charge in [0.15, 0.2) is 0 Å². The molecule has 0 amide bonds. The average molecular weight is 373 g/mol. The third-order valence-corrected chi connectivity index (χ3v) is 5.95. The van der Waals surface area contributed by atoms with Gasteiger partial charge in [-0.15, -0.1) is 23.1 Å². The van der Waals surface area contributed by atoms with Crippen LogP contribution in [0.4, 0.5) is 11.6 Å². The van der Waals surface area contributed by atoms with E-state index in [4.69, 9.17) is 11.6 Å². The number of nitrogens with zero attached hydrogens (tertiary/aromatic N) is 3. The van der Waals surface area contributed by atoms with E-state index in [1.807, 2.05) is 43.5 Å². The molecule has 0 atom stereocenters. The molecule has 1 N–H and O–H groups in total. The van der Waals surface area contributed by atoms with E-state index in [2.05, 4.69) is 21.4 Å². The van der Waals surface area contributed by atoms with Gasteiger partial charge >= 0.3 is 0 Å². The first-order chi connectivity index (χ1) is 11.6. The van der Waals surface area contributed by atoms with E-state index < -0.39 is 0 Å². The lowest BCUT2D eigenvalue weighted by molar-refractivity contribution is 1.16. The Morgan fingerprint density at radius 2 is 2.17 bits per heavy atom. The van der Waals surface area contributed by atoms with Crippen LogP contribution in [0.2, 0.25) is 5.02 Å². The number of aromatic nitrogens is 2. The number of nitrogens with one attached hydrogen (secondary N) is 1. The second kappa shape index (κ2) is 7.22. The molecule has 3 aromatic rings. The normalized spacial score (nSPS) is 10.4. The highest BCUT2D eigenvalue weighted by atomic mass is 35.5. The molecular weight excluding hydrogens is 360 g/mol. The Bertz CT molecular complexity index is 931. The molecule has 120 valence electrons. The molecule has 0 aliphatic rings. The summed E-state index contributed by atoms with van der Waals surface area (Å²) >= 11 is 9.12. The minimum atomic E-state index is 0.492. The molecular formula is C17H13ClN4S2. The number of nitriles is 1. The highest BCUT2D eigenvalue weighted by Gasteiger charge is 2.17. The quantitative estimate of drug-likeness (QED) is 0.612. The van der Waals surface area contributed by atoms with Crippen LogP contribution >= 0.6 is 34.7 Å². The second-order valence-corrected chi connectivity index (χ2v) is 7.47. The van der Waals surface area contributed by atoms with Crippen molar-refractivity contribution in [1.82, 2.24) is 9.97 Å². The lowest BCUT2D eigenvalue weighted by Gasteiger charge is -2.08. The van der Waals surface area contributed by atoms with Gasteiger partial charge in [0, 0.05) is 22.5 Å². The van der Waals surface area contributed by atoms with Gasteiger partial charge in [-0.3, -0.25) is 0 Å². The van der Waals surface area contributed by atoms with Crippen molar-refractivity contribution in [3.8, 4) is 17.3 Å². The summed E-state index contributed by atoms with van der Waals surface area (Å²) in [5.41, 5.74) is 3.58. The summed E-state index contributed by atoms with van der Waals surface area (Å²) in [6.45, 7) is 1.95. The van der Waals surface area contributed by atoms with Crippen molar-refractivity contribution in [2.24, 2.45) is 0 Å². The highest BCUT2D eigenvalue weighted by molar-refractivity contribution is 8.00. The fraction of sp³-hybridized carbons (Fsp3) is 0.118. The zero-order chi connectivity index (χ0) is 17.1. The molecule has 2 heterocycles. The maximum absolute atomic E-state index is 9.27. The van der Waals surface area contributed by atoms with Crippen LogP contribution in [-0.2, 0) is 0 Å². The minimum Gasteiger partial charge on any atom is -0.324 e. The predicted octanol–water partition coefficient (Wildman–Crippen LogP) is 5.50. The van der Waals surface area contributed by atoms with Gasteiger partial charge in [0.25, 0.3) is 0 Å². The zero-order valence-electron chi connectivity index (χ0n) is 13.0. The molecule has 0 radical (unpaired) electrons. The number of thioether (sulfide) groups is 1. The molecule has 4 nitrogen and oxygen atoms in total. The molecule has 1 aromatic carbocycles. The summed E-state index contributed by atoms with van der Waals surface area (Å²) < 4.78 is 1.08. The first-order valence-electron chi connectivity index (χ1n) is 7.06. The van der Waals surface area contributed by atoms with E-state index >= 15 is 0 Å². The van der Waals surface area contributed by atoms with Crippen LogP contribution in [0.25, 0.3) is 11.3 Å². The van der Waals surface area contributed by atoms with Crippen LogP contribution in [0.15, 0.2) is 40.7 Å².